The standard InChI is InChI=1S/C17H14F3NO3/c18-17(19,20)10-11-24-16(23)13-8-4-5-9-14(13)21-15(22)12-6-2-1-3-7-12/h1-9H,10-11H2,(H,21,22). The molecule has 24 heavy (non-hydrogen) atoms. The van der Waals surface area contributed by atoms with E-state index in [1.54, 1.807) is 36.4 Å². The molecule has 0 aromatic heterocycles. The molecule has 4 nitrogen and oxygen atoms in total. The Balaban J connectivity index is 2.07. The van der Waals surface area contributed by atoms with Crippen LogP contribution in [0.3, 0.4) is 0 Å². The zero-order chi connectivity index (χ0) is 17.6. The van der Waals surface area contributed by atoms with Crippen molar-refractivity contribution in [2.75, 3.05) is 11.9 Å². The van der Waals surface area contributed by atoms with Gasteiger partial charge in [0.2, 0.25) is 0 Å². The fraction of sp³-hybridized carbons (Fsp3) is 0.176. The number of hydrogen-bond donors (Lipinski definition) is 1. The lowest BCUT2D eigenvalue weighted by Crippen LogP contribution is -2.18. The first-order valence-electron chi connectivity index (χ1n) is 7.06. The number of nitrogens with one attached hydrogen (secondary N) is 1. The van der Waals surface area contributed by atoms with E-state index in [1.165, 1.54) is 18.2 Å². The molecule has 0 fully saturated rings. The van der Waals surface area contributed by atoms with Crippen LogP contribution in [0.25, 0.3) is 0 Å². The quantitative estimate of drug-likeness (QED) is 0.838. The summed E-state index contributed by atoms with van der Waals surface area (Å²) >= 11 is 0. The molecule has 126 valence electrons. The van der Waals surface area contributed by atoms with Crippen molar-refractivity contribution in [3.63, 3.8) is 0 Å². The van der Waals surface area contributed by atoms with Gasteiger partial charge in [-0.2, -0.15) is 13.2 Å². The van der Waals surface area contributed by atoms with Gasteiger partial charge in [0, 0.05) is 5.56 Å². The molecule has 2 rings (SSSR count). The molecule has 1 amide bonds. The smallest absolute Gasteiger partial charge is 0.392 e. The number of alkyl halides is 3. The van der Waals surface area contributed by atoms with Crippen LogP contribution in [0.4, 0.5) is 18.9 Å². The number of carbonyl (C=O) groups is 2. The number of halogens is 3. The molecule has 0 saturated heterocycles. The van der Waals surface area contributed by atoms with Gasteiger partial charge in [0.1, 0.15) is 6.61 Å². The summed E-state index contributed by atoms with van der Waals surface area (Å²) in [6.45, 7) is -0.775. The summed E-state index contributed by atoms with van der Waals surface area (Å²) in [6, 6.07) is 14.3. The zero-order valence-corrected chi connectivity index (χ0v) is 12.5. The van der Waals surface area contributed by atoms with Crippen molar-refractivity contribution in [1.82, 2.24) is 0 Å². The third-order valence-electron chi connectivity index (χ3n) is 3.05. The van der Waals surface area contributed by atoms with E-state index in [4.69, 9.17) is 0 Å². The van der Waals surface area contributed by atoms with Crippen molar-refractivity contribution in [1.29, 1.82) is 0 Å². The van der Waals surface area contributed by atoms with Crippen molar-refractivity contribution >= 4 is 17.6 Å². The molecule has 0 aliphatic carbocycles. The molecule has 0 aliphatic rings. The van der Waals surface area contributed by atoms with Crippen LogP contribution < -0.4 is 5.32 Å². The van der Waals surface area contributed by atoms with Gasteiger partial charge in [-0.1, -0.05) is 30.3 Å². The van der Waals surface area contributed by atoms with E-state index >= 15 is 0 Å². The van der Waals surface area contributed by atoms with Gasteiger partial charge < -0.3 is 10.1 Å². The Labute approximate surface area is 136 Å². The van der Waals surface area contributed by atoms with E-state index in [0.29, 0.717) is 5.56 Å². The van der Waals surface area contributed by atoms with Crippen LogP contribution >= 0.6 is 0 Å². The average Bonchev–Trinajstić information content (AvgIpc) is 2.55. The molecule has 0 unspecified atom stereocenters. The summed E-state index contributed by atoms with van der Waals surface area (Å²) in [6.07, 6.45) is -5.63. The minimum absolute atomic E-state index is 0.0102. The SMILES string of the molecule is O=C(Nc1ccccc1C(=O)OCCC(F)(F)F)c1ccccc1. The van der Waals surface area contributed by atoms with Crippen molar-refractivity contribution < 1.29 is 27.5 Å². The highest BCUT2D eigenvalue weighted by Crippen LogP contribution is 2.21. The largest absolute Gasteiger partial charge is 0.462 e. The number of anilines is 1. The minimum Gasteiger partial charge on any atom is -0.462 e. The predicted octanol–water partition coefficient (Wildman–Crippen LogP) is 4.05. The maximum absolute atomic E-state index is 12.1. The molecule has 1 N–H and O–H groups in total. The van der Waals surface area contributed by atoms with Crippen molar-refractivity contribution in [3.05, 3.63) is 65.7 Å². The number of rotatable bonds is 5. The van der Waals surface area contributed by atoms with Gasteiger partial charge in [-0.25, -0.2) is 4.79 Å². The third-order valence-corrected chi connectivity index (χ3v) is 3.05. The molecule has 0 heterocycles. The van der Waals surface area contributed by atoms with Crippen molar-refractivity contribution in [2.45, 2.75) is 12.6 Å². The van der Waals surface area contributed by atoms with Gasteiger partial charge in [-0.05, 0) is 24.3 Å². The van der Waals surface area contributed by atoms with Gasteiger partial charge in [-0.3, -0.25) is 4.79 Å². The molecule has 0 aliphatic heterocycles. The van der Waals surface area contributed by atoms with Crippen LogP contribution in [0, 0.1) is 0 Å². The van der Waals surface area contributed by atoms with Crippen molar-refractivity contribution in [2.24, 2.45) is 0 Å². The molecule has 2 aromatic carbocycles. The fourth-order valence-electron chi connectivity index (χ4n) is 1.89. The molecule has 2 aromatic rings. The highest BCUT2D eigenvalue weighted by molar-refractivity contribution is 6.07. The summed E-state index contributed by atoms with van der Waals surface area (Å²) < 4.78 is 40.9. The van der Waals surface area contributed by atoms with Crippen LogP contribution in [0.1, 0.15) is 27.1 Å². The highest BCUT2D eigenvalue weighted by Gasteiger charge is 2.27. The number of amides is 1. The number of benzene rings is 2. The van der Waals surface area contributed by atoms with Crippen LogP contribution in [-0.4, -0.2) is 24.7 Å². The second-order valence-corrected chi connectivity index (χ2v) is 4.87. The molecule has 0 radical (unpaired) electrons. The molecular formula is C17H14F3NO3. The lowest BCUT2D eigenvalue weighted by atomic mass is 10.1. The van der Waals surface area contributed by atoms with Gasteiger partial charge in [-0.15, -0.1) is 0 Å². The van der Waals surface area contributed by atoms with E-state index in [2.05, 4.69) is 10.1 Å². The second kappa shape index (κ2) is 7.63. The first-order valence-corrected chi connectivity index (χ1v) is 7.06. The molecule has 0 bridgehead atoms. The monoisotopic (exact) mass is 337 g/mol. The summed E-state index contributed by atoms with van der Waals surface area (Å²) in [5.74, 6) is -1.37. The van der Waals surface area contributed by atoms with Crippen LogP contribution in [0.5, 0.6) is 0 Å². The summed E-state index contributed by atoms with van der Waals surface area (Å²) in [7, 11) is 0. The Bertz CT molecular complexity index is 715. The lowest BCUT2D eigenvalue weighted by Gasteiger charge is -2.11. The van der Waals surface area contributed by atoms with Crippen LogP contribution in [0.15, 0.2) is 54.6 Å². The Morgan fingerprint density at radius 1 is 0.958 bits per heavy atom. The Hall–Kier alpha value is -2.83. The Morgan fingerprint density at radius 2 is 1.58 bits per heavy atom. The first kappa shape index (κ1) is 17.5. The molecule has 7 heteroatoms. The van der Waals surface area contributed by atoms with Crippen LogP contribution in [-0.2, 0) is 4.74 Å². The van der Waals surface area contributed by atoms with Crippen molar-refractivity contribution in [3.8, 4) is 0 Å². The van der Waals surface area contributed by atoms with E-state index in [0.717, 1.165) is 0 Å². The molecular weight excluding hydrogens is 323 g/mol. The number of para-hydroxylation sites is 1. The lowest BCUT2D eigenvalue weighted by molar-refractivity contribution is -0.141. The number of ether oxygens (including phenoxy) is 1. The fourth-order valence-corrected chi connectivity index (χ4v) is 1.89. The van der Waals surface area contributed by atoms with E-state index in [1.807, 2.05) is 0 Å². The van der Waals surface area contributed by atoms with Gasteiger partial charge in [0.15, 0.2) is 0 Å². The average molecular weight is 337 g/mol. The summed E-state index contributed by atoms with van der Waals surface area (Å²) in [5.41, 5.74) is 0.546. The summed E-state index contributed by atoms with van der Waals surface area (Å²) in [4.78, 5) is 24.1. The van der Waals surface area contributed by atoms with Gasteiger partial charge in [0.25, 0.3) is 5.91 Å². The first-order chi connectivity index (χ1) is 11.4. The van der Waals surface area contributed by atoms with Crippen LogP contribution in [0.2, 0.25) is 0 Å². The van der Waals surface area contributed by atoms with E-state index < -0.39 is 31.1 Å². The van der Waals surface area contributed by atoms with E-state index in [-0.39, 0.29) is 11.3 Å². The Kier molecular flexibility index (Phi) is 5.57. The zero-order valence-electron chi connectivity index (χ0n) is 12.5. The Morgan fingerprint density at radius 3 is 2.25 bits per heavy atom. The molecule has 0 spiro atoms. The molecule has 0 saturated carbocycles. The maximum atomic E-state index is 12.1. The maximum Gasteiger partial charge on any atom is 0.392 e. The highest BCUT2D eigenvalue weighted by atomic mass is 19.4. The number of esters is 1. The third kappa shape index (κ3) is 5.12. The topological polar surface area (TPSA) is 55.4 Å². The predicted molar refractivity (Wildman–Crippen MR) is 81.8 cm³/mol. The minimum atomic E-state index is -4.40. The summed E-state index contributed by atoms with van der Waals surface area (Å²) in [5, 5.41) is 2.55. The van der Waals surface area contributed by atoms with Gasteiger partial charge >= 0.3 is 12.1 Å². The number of carbonyl (C=O) groups excluding carboxylic acids is 2. The van der Waals surface area contributed by atoms with Gasteiger partial charge in [0.05, 0.1) is 17.7 Å². The molecule has 0 atom stereocenters. The van der Waals surface area contributed by atoms with E-state index in [9.17, 15) is 22.8 Å². The number of hydrogen-bond acceptors (Lipinski definition) is 3. The normalized spacial score (nSPS) is 11.0. The second-order valence-electron chi connectivity index (χ2n) is 4.87.